The van der Waals surface area contributed by atoms with Gasteiger partial charge in [-0.3, -0.25) is 43.5 Å². The van der Waals surface area contributed by atoms with Crippen LogP contribution in [0.2, 0.25) is 0 Å². The van der Waals surface area contributed by atoms with E-state index in [0.29, 0.717) is 45.4 Å². The summed E-state index contributed by atoms with van der Waals surface area (Å²) in [6.45, 7) is 16.2. The summed E-state index contributed by atoms with van der Waals surface area (Å²) in [5.41, 5.74) is 1.92. The lowest BCUT2D eigenvalue weighted by atomic mass is 9.97. The third kappa shape index (κ3) is 31.5. The predicted octanol–water partition coefficient (Wildman–Crippen LogP) is 9.28. The van der Waals surface area contributed by atoms with Gasteiger partial charge in [0.25, 0.3) is 11.8 Å². The molecule has 34 nitrogen and oxygen atoms in total. The summed E-state index contributed by atoms with van der Waals surface area (Å²) in [5, 5.41) is 17.3. The molecule has 5 unspecified atom stereocenters. The zero-order valence-electron chi connectivity index (χ0n) is 68.9. The molecule has 0 aromatic heterocycles. The van der Waals surface area contributed by atoms with Crippen LogP contribution in [-0.4, -0.2) is 266 Å². The number of hydrogen-bond acceptors (Lipinski definition) is 24. The smallest absolute Gasteiger partial charge is 0.410 e. The minimum absolute atomic E-state index is 0.0119. The first kappa shape index (κ1) is 95.3. The number of carbonyl (C=O) groups is 14. The lowest BCUT2D eigenvalue weighted by Gasteiger charge is -2.39. The van der Waals surface area contributed by atoms with Crippen LogP contribution in [0, 0.1) is 17.6 Å². The second kappa shape index (κ2) is 46.4. The summed E-state index contributed by atoms with van der Waals surface area (Å²) in [6, 6.07) is 31.9. The normalized spacial score (nSPS) is 17.6. The van der Waals surface area contributed by atoms with Crippen LogP contribution >= 0.6 is 0 Å². The Balaban J connectivity index is 0.000000231. The zero-order chi connectivity index (χ0) is 87.7. The number of piperazine rings is 3. The Hall–Kier alpha value is -12.5. The quantitative estimate of drug-likeness (QED) is 0.0560. The van der Waals surface area contributed by atoms with Gasteiger partial charge in [-0.2, -0.15) is 0 Å². The molecular weight excluding hydrogens is 1560 g/mol. The van der Waals surface area contributed by atoms with Crippen LogP contribution in [0.3, 0.4) is 0 Å². The van der Waals surface area contributed by atoms with E-state index in [2.05, 4.69) is 20.7 Å². The van der Waals surface area contributed by atoms with E-state index in [1.807, 2.05) is 91.0 Å². The zero-order valence-corrected chi connectivity index (χ0v) is 68.9. The highest BCUT2D eigenvalue weighted by Crippen LogP contribution is 2.26. The second-order valence-electron chi connectivity index (χ2n) is 29.7. The molecule has 5 saturated heterocycles. The molecule has 5 fully saturated rings. The molecule has 4 N–H and O–H groups in total. The van der Waals surface area contributed by atoms with Gasteiger partial charge in [0.1, 0.15) is 54.7 Å². The van der Waals surface area contributed by atoms with Crippen molar-refractivity contribution < 1.29 is 124 Å². The lowest BCUT2D eigenvalue weighted by Crippen LogP contribution is -2.60. The van der Waals surface area contributed by atoms with Crippen LogP contribution in [-0.2, 0) is 96.0 Å². The molecule has 5 aromatic carbocycles. The monoisotopic (exact) mass is 1660 g/mol. The van der Waals surface area contributed by atoms with E-state index < -0.39 is 101 Å². The third-order valence-corrected chi connectivity index (χ3v) is 18.2. The number of carboxylic acids is 1. The molecule has 5 atom stereocenters. The number of nitrogens with one attached hydrogen (secondary N) is 3. The maximum atomic E-state index is 13.7. The molecule has 0 spiro atoms. The van der Waals surface area contributed by atoms with Gasteiger partial charge in [-0.05, 0) is 127 Å². The molecule has 5 aliphatic rings. The van der Waals surface area contributed by atoms with Crippen LogP contribution < -0.4 is 16.0 Å². The Labute approximate surface area is 688 Å². The Morgan fingerprint density at radius 1 is 0.420 bits per heavy atom. The number of benzene rings is 5. The number of methoxy groups -OCH3 is 4. The van der Waals surface area contributed by atoms with Gasteiger partial charge < -0.3 is 83.3 Å². The number of hydrogen-bond donors (Lipinski definition) is 4. The standard InChI is InChI=1S/C19H26N2O6.C18H24N2O6.C16H19FN2O4.C15H18FN3O4.C15H19NO4/c1-19(2,3)27-17(23)20-10-11-21(15(12-20)16(22)25-4)18(24)26-13-14-8-6-5-7-9-14;1-18(2,3)26-16(23)19-9-10-20(14(11-19)15(21)22)17(24)25-12-13-7-5-4-6-8-13;1-10(20)18-14-7-12(6-13(17)8-14)15(21)19-5-3-4-11(9-19)16(22)23-2;1-9(20)18-12-6-10(5-11(16)7-12)14(21)19-4-3-17-13(8-19)15(22)23-2;1-19-14(17)13-9-5-6-10-16(13)15(18)20-11-12-7-3-2-4-8-12/h5-9,15H,10-13H2,1-4H3;4-8,14H,9-12H2,1-3H3,(H,21,22);6-8,11H,3-5,9H2,1-2H3,(H,18,20);5-7,13,17H,3-4,8H2,1-2H3,(H,18,20);2-4,7-8,13H,5-6,9-11H2,1H3. The Morgan fingerprint density at radius 3 is 1.22 bits per heavy atom. The lowest BCUT2D eigenvalue weighted by molar-refractivity contribution is -0.149. The van der Waals surface area contributed by atoms with Crippen LogP contribution in [0.4, 0.5) is 44.1 Å². The summed E-state index contributed by atoms with van der Waals surface area (Å²) in [6.07, 6.45) is 0.848. The van der Waals surface area contributed by atoms with Crippen LogP contribution in [0.15, 0.2) is 127 Å². The van der Waals surface area contributed by atoms with Gasteiger partial charge in [0.15, 0.2) is 12.1 Å². The number of amides is 9. The summed E-state index contributed by atoms with van der Waals surface area (Å²) < 4.78 is 72.6. The first-order chi connectivity index (χ1) is 56.4. The SMILES string of the molecule is CC(C)(C)OC(=O)N1CCN(C(=O)OCc2ccccc2)C(C(=O)O)C1.COC(=O)C1CCCCN1C(=O)OCc1ccccc1.COC(=O)C1CCCN(C(=O)c2cc(F)cc(NC(C)=O)c2)C1.COC(=O)C1CN(C(=O)OC(C)(C)C)CCN1C(=O)OCc1ccccc1.COC(=O)C1CN(C(=O)c2cc(F)cc(NC(C)=O)c2)CCN1. The van der Waals surface area contributed by atoms with E-state index in [1.54, 1.807) is 41.5 Å². The number of carboxylic acid groups (broad SMARTS) is 1. The number of piperidine rings is 2. The molecule has 0 bridgehead atoms. The Kier molecular flexibility index (Phi) is 37.2. The van der Waals surface area contributed by atoms with Crippen LogP contribution in [0.5, 0.6) is 0 Å². The van der Waals surface area contributed by atoms with Gasteiger partial charge in [0.05, 0.1) is 47.4 Å². The molecule has 5 aromatic rings. The maximum Gasteiger partial charge on any atom is 0.410 e. The van der Waals surface area contributed by atoms with Crippen molar-refractivity contribution in [1.82, 2.24) is 39.6 Å². The number of aliphatic carboxylic acids is 1. The summed E-state index contributed by atoms with van der Waals surface area (Å²) in [5.74, 6) is -6.07. The van der Waals surface area contributed by atoms with Crippen molar-refractivity contribution in [2.24, 2.45) is 5.92 Å². The Morgan fingerprint density at radius 2 is 0.815 bits per heavy atom. The second-order valence-corrected chi connectivity index (χ2v) is 29.7. The number of carbonyl (C=O) groups excluding carboxylic acids is 13. The van der Waals surface area contributed by atoms with Crippen molar-refractivity contribution in [2.45, 2.75) is 143 Å². The van der Waals surface area contributed by atoms with Gasteiger partial charge in [-0.25, -0.2) is 47.1 Å². The highest BCUT2D eigenvalue weighted by molar-refractivity contribution is 5.98. The topological polar surface area (TPSA) is 401 Å². The molecule has 119 heavy (non-hydrogen) atoms. The molecule has 0 radical (unpaired) electrons. The number of nitrogens with zero attached hydrogens (tertiary/aromatic N) is 7. The van der Waals surface area contributed by atoms with Gasteiger partial charge in [-0.15, -0.1) is 0 Å². The highest BCUT2D eigenvalue weighted by atomic mass is 19.1. The van der Waals surface area contributed by atoms with Crippen molar-refractivity contribution in [3.63, 3.8) is 0 Å². The molecule has 10 rings (SSSR count). The van der Waals surface area contributed by atoms with Crippen molar-refractivity contribution in [1.29, 1.82) is 0 Å². The van der Waals surface area contributed by atoms with Crippen molar-refractivity contribution in [3.05, 3.63) is 167 Å². The molecule has 36 heteroatoms. The molecule has 0 saturated carbocycles. The number of anilines is 2. The average Bonchev–Trinajstić information content (AvgIpc) is 0.826. The predicted molar refractivity (Wildman–Crippen MR) is 424 cm³/mol. The van der Waals surface area contributed by atoms with E-state index >= 15 is 0 Å². The van der Waals surface area contributed by atoms with Gasteiger partial charge in [0, 0.05) is 102 Å². The summed E-state index contributed by atoms with van der Waals surface area (Å²) in [7, 11) is 5.17. The first-order valence-corrected chi connectivity index (χ1v) is 38.3. The molecule has 646 valence electrons. The molecule has 0 aliphatic carbocycles. The molecular formula is C83H106F2N10O24. The van der Waals surface area contributed by atoms with Gasteiger partial charge in [0.2, 0.25) is 11.8 Å². The minimum Gasteiger partial charge on any atom is -0.480 e. The fourth-order valence-corrected chi connectivity index (χ4v) is 12.6. The van der Waals surface area contributed by atoms with Gasteiger partial charge in [-0.1, -0.05) is 91.0 Å². The molecule has 9 amide bonds. The van der Waals surface area contributed by atoms with E-state index in [4.69, 9.17) is 37.9 Å². The fourth-order valence-electron chi connectivity index (χ4n) is 12.6. The largest absolute Gasteiger partial charge is 0.480 e. The Bertz CT molecular complexity index is 4200. The number of esters is 4. The van der Waals surface area contributed by atoms with Crippen molar-refractivity contribution in [3.8, 4) is 0 Å². The summed E-state index contributed by atoms with van der Waals surface area (Å²) >= 11 is 0. The van der Waals surface area contributed by atoms with Gasteiger partial charge >= 0.3 is 60.3 Å². The number of likely N-dealkylation sites (tertiary alicyclic amines) is 2. The number of ether oxygens (including phenoxy) is 9. The average molecular weight is 1670 g/mol. The molecule has 5 heterocycles. The van der Waals surface area contributed by atoms with E-state index in [9.17, 15) is 81.0 Å². The number of rotatable bonds is 15. The fraction of sp³-hybridized carbons (Fsp3) is 0.470. The third-order valence-electron chi connectivity index (χ3n) is 18.2. The maximum absolute atomic E-state index is 13.7. The van der Waals surface area contributed by atoms with E-state index in [1.165, 1.54) is 83.8 Å². The summed E-state index contributed by atoms with van der Waals surface area (Å²) in [4.78, 5) is 177. The van der Waals surface area contributed by atoms with Crippen LogP contribution in [0.1, 0.15) is 125 Å². The van der Waals surface area contributed by atoms with E-state index in [0.717, 1.165) is 58.7 Å². The van der Waals surface area contributed by atoms with Crippen LogP contribution in [0.25, 0.3) is 0 Å². The van der Waals surface area contributed by atoms with E-state index in [-0.39, 0.29) is 130 Å². The van der Waals surface area contributed by atoms with Crippen molar-refractivity contribution in [2.75, 3.05) is 118 Å². The van der Waals surface area contributed by atoms with Crippen molar-refractivity contribution >= 4 is 95.3 Å². The number of halogens is 2. The highest BCUT2D eigenvalue weighted by Gasteiger charge is 2.42. The molecule has 5 aliphatic heterocycles. The minimum atomic E-state index is -1.20. The first-order valence-electron chi connectivity index (χ1n) is 38.3.